The van der Waals surface area contributed by atoms with E-state index in [9.17, 15) is 18.0 Å². The van der Waals surface area contributed by atoms with Gasteiger partial charge in [-0.25, -0.2) is 0 Å². The van der Waals surface area contributed by atoms with Gasteiger partial charge >= 0.3 is 6.18 Å². The summed E-state index contributed by atoms with van der Waals surface area (Å²) in [6.45, 7) is 3.65. The van der Waals surface area contributed by atoms with Gasteiger partial charge in [-0.2, -0.15) is 13.2 Å². The maximum absolute atomic E-state index is 12.6. The van der Waals surface area contributed by atoms with Crippen LogP contribution in [0.2, 0.25) is 0 Å². The minimum absolute atomic E-state index is 0.116. The van der Waals surface area contributed by atoms with Crippen LogP contribution in [0.3, 0.4) is 0 Å². The Balaban J connectivity index is 2.36. The van der Waals surface area contributed by atoms with Crippen LogP contribution in [0.5, 0.6) is 0 Å². The largest absolute Gasteiger partial charge is 0.465 e. The van der Waals surface area contributed by atoms with E-state index in [1.54, 1.807) is 0 Å². The van der Waals surface area contributed by atoms with Crippen LogP contribution in [0.4, 0.5) is 18.9 Å². The maximum atomic E-state index is 12.6. The lowest BCUT2D eigenvalue weighted by Gasteiger charge is -2.22. The molecule has 1 saturated heterocycles. The van der Waals surface area contributed by atoms with E-state index in [1.165, 1.54) is 17.0 Å². The van der Waals surface area contributed by atoms with Crippen LogP contribution < -0.4 is 4.90 Å². The standard InChI is InChI=1S/C12H9ClF3NO2/c1-7-6-17(11(19-7)10(13)18)9-4-2-3-8(5-9)12(14,15)16/h2-5,11H,1,6H2. The highest BCUT2D eigenvalue weighted by molar-refractivity contribution is 6.64. The number of alkyl halides is 3. The third-order valence-corrected chi connectivity index (χ3v) is 2.79. The van der Waals surface area contributed by atoms with Crippen molar-refractivity contribution in [1.82, 2.24) is 0 Å². The Morgan fingerprint density at radius 1 is 1.47 bits per heavy atom. The summed E-state index contributed by atoms with van der Waals surface area (Å²) in [5.41, 5.74) is -0.601. The number of carbonyl (C=O) groups is 1. The van der Waals surface area contributed by atoms with E-state index in [0.29, 0.717) is 0 Å². The number of halogens is 4. The van der Waals surface area contributed by atoms with Crippen molar-refractivity contribution >= 4 is 22.5 Å². The van der Waals surface area contributed by atoms with E-state index < -0.39 is 23.2 Å². The minimum Gasteiger partial charge on any atom is -0.465 e. The van der Waals surface area contributed by atoms with Crippen molar-refractivity contribution in [2.45, 2.75) is 12.4 Å². The first-order valence-electron chi connectivity index (χ1n) is 5.27. The Hall–Kier alpha value is -1.69. The first kappa shape index (κ1) is 13.7. The molecule has 1 fully saturated rings. The van der Waals surface area contributed by atoms with Crippen molar-refractivity contribution in [3.63, 3.8) is 0 Å². The average molecular weight is 292 g/mol. The highest BCUT2D eigenvalue weighted by Crippen LogP contribution is 2.34. The van der Waals surface area contributed by atoms with E-state index in [2.05, 4.69) is 6.58 Å². The van der Waals surface area contributed by atoms with Crippen LogP contribution in [-0.4, -0.2) is 18.0 Å². The maximum Gasteiger partial charge on any atom is 0.416 e. The highest BCUT2D eigenvalue weighted by Gasteiger charge is 2.36. The van der Waals surface area contributed by atoms with Crippen LogP contribution >= 0.6 is 11.6 Å². The van der Waals surface area contributed by atoms with Gasteiger partial charge in [-0.05, 0) is 29.8 Å². The van der Waals surface area contributed by atoms with Gasteiger partial charge in [0.15, 0.2) is 0 Å². The second-order valence-electron chi connectivity index (χ2n) is 3.99. The number of hydrogen-bond acceptors (Lipinski definition) is 3. The Bertz CT molecular complexity index is 530. The second kappa shape index (κ2) is 4.77. The van der Waals surface area contributed by atoms with Gasteiger partial charge in [-0.15, -0.1) is 0 Å². The number of benzene rings is 1. The fourth-order valence-corrected chi connectivity index (χ4v) is 1.95. The van der Waals surface area contributed by atoms with Crippen molar-refractivity contribution in [2.24, 2.45) is 0 Å². The van der Waals surface area contributed by atoms with E-state index in [4.69, 9.17) is 16.3 Å². The molecule has 1 unspecified atom stereocenters. The first-order chi connectivity index (χ1) is 8.79. The van der Waals surface area contributed by atoms with Gasteiger partial charge in [0.05, 0.1) is 12.1 Å². The third kappa shape index (κ3) is 2.84. The lowest BCUT2D eigenvalue weighted by atomic mass is 10.2. The van der Waals surface area contributed by atoms with Crippen LogP contribution in [0.25, 0.3) is 0 Å². The Morgan fingerprint density at radius 3 is 2.74 bits per heavy atom. The molecular formula is C12H9ClF3NO2. The molecule has 1 atom stereocenters. The van der Waals surface area contributed by atoms with Gasteiger partial charge in [0.25, 0.3) is 5.24 Å². The van der Waals surface area contributed by atoms with Gasteiger partial charge in [0.2, 0.25) is 6.23 Å². The zero-order chi connectivity index (χ0) is 14.2. The molecular weight excluding hydrogens is 283 g/mol. The van der Waals surface area contributed by atoms with Crippen LogP contribution in [0.1, 0.15) is 5.56 Å². The van der Waals surface area contributed by atoms with E-state index in [1.807, 2.05) is 0 Å². The molecule has 7 heteroatoms. The molecule has 102 valence electrons. The molecule has 3 nitrogen and oxygen atoms in total. The third-order valence-electron chi connectivity index (χ3n) is 2.61. The lowest BCUT2D eigenvalue weighted by Crippen LogP contribution is -2.34. The average Bonchev–Trinajstić information content (AvgIpc) is 2.71. The summed E-state index contributed by atoms with van der Waals surface area (Å²) < 4.78 is 43.0. The summed E-state index contributed by atoms with van der Waals surface area (Å²) in [5.74, 6) is 0.274. The number of anilines is 1. The van der Waals surface area contributed by atoms with Gasteiger partial charge in [-0.1, -0.05) is 12.6 Å². The molecule has 1 aliphatic rings. The van der Waals surface area contributed by atoms with Crippen molar-refractivity contribution in [2.75, 3.05) is 11.4 Å². The summed E-state index contributed by atoms with van der Waals surface area (Å²) in [7, 11) is 0. The molecule has 0 aromatic heterocycles. The molecule has 0 saturated carbocycles. The summed E-state index contributed by atoms with van der Waals surface area (Å²) in [5, 5.41) is -0.809. The van der Waals surface area contributed by atoms with Gasteiger partial charge in [0, 0.05) is 5.69 Å². The lowest BCUT2D eigenvalue weighted by molar-refractivity contribution is -0.137. The van der Waals surface area contributed by atoms with Gasteiger partial charge in [0.1, 0.15) is 5.76 Å². The first-order valence-corrected chi connectivity index (χ1v) is 5.64. The molecule has 1 aromatic carbocycles. The predicted octanol–water partition coefficient (Wildman–Crippen LogP) is 3.15. The second-order valence-corrected chi connectivity index (χ2v) is 4.36. The number of rotatable bonds is 2. The molecule has 0 radical (unpaired) electrons. The molecule has 1 aliphatic heterocycles. The van der Waals surface area contributed by atoms with Crippen molar-refractivity contribution in [3.8, 4) is 0 Å². The zero-order valence-corrected chi connectivity index (χ0v) is 10.3. The monoisotopic (exact) mass is 291 g/mol. The molecule has 0 bridgehead atoms. The van der Waals surface area contributed by atoms with E-state index in [0.717, 1.165) is 12.1 Å². The van der Waals surface area contributed by atoms with Crippen LogP contribution in [0, 0.1) is 0 Å². The summed E-state index contributed by atoms with van der Waals surface area (Å²) >= 11 is 5.35. The smallest absolute Gasteiger partial charge is 0.416 e. The summed E-state index contributed by atoms with van der Waals surface area (Å²) in [4.78, 5) is 12.5. The number of ether oxygens (including phenoxy) is 1. The van der Waals surface area contributed by atoms with Crippen LogP contribution in [-0.2, 0) is 15.7 Å². The Labute approximate surface area is 112 Å². The van der Waals surface area contributed by atoms with E-state index in [-0.39, 0.29) is 18.0 Å². The predicted molar refractivity (Wildman–Crippen MR) is 63.7 cm³/mol. The number of hydrogen-bond donors (Lipinski definition) is 0. The number of nitrogens with zero attached hydrogens (tertiary/aromatic N) is 1. The molecule has 0 amide bonds. The SMILES string of the molecule is C=C1CN(c2cccc(C(F)(F)F)c2)C(C(=O)Cl)O1. The Kier molecular flexibility index (Phi) is 3.45. The van der Waals surface area contributed by atoms with Crippen LogP contribution in [0.15, 0.2) is 36.6 Å². The quantitative estimate of drug-likeness (QED) is 0.784. The van der Waals surface area contributed by atoms with Crippen molar-refractivity contribution < 1.29 is 22.7 Å². The minimum atomic E-state index is -4.45. The Morgan fingerprint density at radius 2 is 2.16 bits per heavy atom. The zero-order valence-electron chi connectivity index (χ0n) is 9.58. The molecule has 1 aromatic rings. The topological polar surface area (TPSA) is 29.5 Å². The van der Waals surface area contributed by atoms with Gasteiger partial charge < -0.3 is 9.64 Å². The van der Waals surface area contributed by atoms with Crippen molar-refractivity contribution in [3.05, 3.63) is 42.2 Å². The molecule has 1 heterocycles. The molecule has 19 heavy (non-hydrogen) atoms. The summed E-state index contributed by atoms with van der Waals surface area (Å²) in [6.07, 6.45) is -5.59. The molecule has 2 rings (SSSR count). The van der Waals surface area contributed by atoms with E-state index >= 15 is 0 Å². The molecule has 0 aliphatic carbocycles. The fraction of sp³-hybridized carbons (Fsp3) is 0.250. The highest BCUT2D eigenvalue weighted by atomic mass is 35.5. The summed E-state index contributed by atoms with van der Waals surface area (Å²) in [6, 6.07) is 4.60. The van der Waals surface area contributed by atoms with Gasteiger partial charge in [-0.3, -0.25) is 4.79 Å². The fourth-order valence-electron chi connectivity index (χ4n) is 1.79. The molecule has 0 spiro atoms. The number of carbonyl (C=O) groups excluding carboxylic acids is 1. The normalized spacial score (nSPS) is 19.5. The van der Waals surface area contributed by atoms with Crippen molar-refractivity contribution in [1.29, 1.82) is 0 Å². The molecule has 0 N–H and O–H groups in total.